The fraction of sp³-hybridized carbons (Fsp3) is 0.600. The van der Waals surface area contributed by atoms with Gasteiger partial charge in [0.25, 0.3) is 0 Å². The Kier molecular flexibility index (Phi) is 5.74. The standard InChI is InChI=1S/C15H22ClNS/c1-2-17-14(15-13(16)10-11-18-15)12-8-6-4-3-5-7-9-12/h8,10-11,14,17H,2-7,9H2,1H3/b12-8+. The Morgan fingerprint density at radius 1 is 1.33 bits per heavy atom. The molecule has 3 heteroatoms. The number of hydrogen-bond acceptors (Lipinski definition) is 2. The Morgan fingerprint density at radius 2 is 2.17 bits per heavy atom. The SMILES string of the molecule is CCNC(/C1=C/CCCCCC1)c1sccc1Cl. The van der Waals surface area contributed by atoms with Gasteiger partial charge in [-0.2, -0.15) is 0 Å². The lowest BCUT2D eigenvalue weighted by Crippen LogP contribution is -2.22. The van der Waals surface area contributed by atoms with Crippen LogP contribution >= 0.6 is 22.9 Å². The molecule has 0 saturated carbocycles. The summed E-state index contributed by atoms with van der Waals surface area (Å²) in [5.74, 6) is 0. The molecule has 100 valence electrons. The number of hydrogen-bond donors (Lipinski definition) is 1. The Bertz CT molecular complexity index is 397. The van der Waals surface area contributed by atoms with E-state index in [4.69, 9.17) is 11.6 Å². The predicted octanol–water partition coefficient (Wildman–Crippen LogP) is 5.33. The van der Waals surface area contributed by atoms with Gasteiger partial charge in [-0.05, 0) is 43.7 Å². The van der Waals surface area contributed by atoms with Crippen molar-refractivity contribution in [3.8, 4) is 0 Å². The molecule has 1 aromatic heterocycles. The van der Waals surface area contributed by atoms with Gasteiger partial charge in [0.2, 0.25) is 0 Å². The first-order chi connectivity index (χ1) is 8.83. The molecule has 1 aliphatic rings. The van der Waals surface area contributed by atoms with Gasteiger partial charge in [-0.3, -0.25) is 0 Å². The number of nitrogens with one attached hydrogen (secondary N) is 1. The molecule has 1 aliphatic carbocycles. The van der Waals surface area contributed by atoms with Crippen LogP contribution in [0, 0.1) is 0 Å². The molecule has 18 heavy (non-hydrogen) atoms. The second-order valence-corrected chi connectivity index (χ2v) is 6.21. The summed E-state index contributed by atoms with van der Waals surface area (Å²) in [6, 6.07) is 2.34. The van der Waals surface area contributed by atoms with Gasteiger partial charge in [-0.25, -0.2) is 0 Å². The van der Waals surface area contributed by atoms with Crippen molar-refractivity contribution < 1.29 is 0 Å². The van der Waals surface area contributed by atoms with Crippen molar-refractivity contribution in [1.29, 1.82) is 0 Å². The number of halogens is 1. The first-order valence-electron chi connectivity index (χ1n) is 6.98. The summed E-state index contributed by atoms with van der Waals surface area (Å²) in [4.78, 5) is 1.28. The maximum Gasteiger partial charge on any atom is 0.0645 e. The zero-order valence-corrected chi connectivity index (χ0v) is 12.6. The fourth-order valence-corrected chi connectivity index (χ4v) is 3.87. The van der Waals surface area contributed by atoms with Crippen LogP contribution in [0.5, 0.6) is 0 Å². The molecule has 1 heterocycles. The maximum atomic E-state index is 6.31. The first kappa shape index (κ1) is 14.1. The van der Waals surface area contributed by atoms with E-state index in [1.165, 1.54) is 43.4 Å². The van der Waals surface area contributed by atoms with E-state index >= 15 is 0 Å². The average molecular weight is 284 g/mol. The predicted molar refractivity (Wildman–Crippen MR) is 81.5 cm³/mol. The lowest BCUT2D eigenvalue weighted by atomic mass is 9.94. The highest BCUT2D eigenvalue weighted by Crippen LogP contribution is 2.35. The Labute approximate surface area is 119 Å². The second kappa shape index (κ2) is 7.32. The van der Waals surface area contributed by atoms with Crippen molar-refractivity contribution >= 4 is 22.9 Å². The van der Waals surface area contributed by atoms with Gasteiger partial charge in [0.05, 0.1) is 11.1 Å². The molecule has 2 rings (SSSR count). The summed E-state index contributed by atoms with van der Waals surface area (Å²) in [6.45, 7) is 3.15. The summed E-state index contributed by atoms with van der Waals surface area (Å²) < 4.78 is 0. The van der Waals surface area contributed by atoms with E-state index < -0.39 is 0 Å². The van der Waals surface area contributed by atoms with Crippen LogP contribution in [-0.4, -0.2) is 6.54 Å². The first-order valence-corrected chi connectivity index (χ1v) is 8.24. The van der Waals surface area contributed by atoms with Crippen LogP contribution in [0.1, 0.15) is 56.4 Å². The van der Waals surface area contributed by atoms with Gasteiger partial charge in [-0.1, -0.05) is 43.0 Å². The van der Waals surface area contributed by atoms with Crippen molar-refractivity contribution in [2.75, 3.05) is 6.54 Å². The normalized spacial score (nSPS) is 21.8. The van der Waals surface area contributed by atoms with Crippen LogP contribution in [0.25, 0.3) is 0 Å². The van der Waals surface area contributed by atoms with Gasteiger partial charge < -0.3 is 5.32 Å². The third-order valence-electron chi connectivity index (χ3n) is 3.51. The molecule has 0 spiro atoms. The molecule has 1 unspecified atom stereocenters. The molecule has 1 aromatic rings. The zero-order chi connectivity index (χ0) is 12.8. The van der Waals surface area contributed by atoms with Gasteiger partial charge in [0, 0.05) is 4.88 Å². The minimum Gasteiger partial charge on any atom is -0.306 e. The molecule has 0 amide bonds. The largest absolute Gasteiger partial charge is 0.306 e. The topological polar surface area (TPSA) is 12.0 Å². The molecular weight excluding hydrogens is 262 g/mol. The number of rotatable bonds is 4. The molecule has 0 aliphatic heterocycles. The van der Waals surface area contributed by atoms with Crippen molar-refractivity contribution in [2.45, 2.75) is 51.5 Å². The van der Waals surface area contributed by atoms with Crippen molar-refractivity contribution in [3.05, 3.63) is 33.0 Å². The van der Waals surface area contributed by atoms with E-state index in [0.717, 1.165) is 11.6 Å². The molecule has 0 radical (unpaired) electrons. The molecule has 1 atom stereocenters. The van der Waals surface area contributed by atoms with Crippen molar-refractivity contribution in [1.82, 2.24) is 5.32 Å². The van der Waals surface area contributed by atoms with Gasteiger partial charge >= 0.3 is 0 Å². The zero-order valence-electron chi connectivity index (χ0n) is 11.0. The minimum atomic E-state index is 0.334. The molecule has 0 bridgehead atoms. The highest BCUT2D eigenvalue weighted by atomic mass is 35.5. The van der Waals surface area contributed by atoms with E-state index in [9.17, 15) is 0 Å². The number of allylic oxidation sites excluding steroid dienone is 1. The van der Waals surface area contributed by atoms with E-state index in [1.54, 1.807) is 16.9 Å². The third-order valence-corrected chi connectivity index (χ3v) is 4.94. The van der Waals surface area contributed by atoms with Crippen LogP contribution in [0.3, 0.4) is 0 Å². The van der Waals surface area contributed by atoms with Crippen LogP contribution in [0.15, 0.2) is 23.1 Å². The highest BCUT2D eigenvalue weighted by Gasteiger charge is 2.19. The number of thiophene rings is 1. The summed E-state index contributed by atoms with van der Waals surface area (Å²) >= 11 is 8.07. The van der Waals surface area contributed by atoms with Crippen LogP contribution in [0.4, 0.5) is 0 Å². The van der Waals surface area contributed by atoms with E-state index in [0.29, 0.717) is 6.04 Å². The fourth-order valence-electron chi connectivity index (χ4n) is 2.59. The lowest BCUT2D eigenvalue weighted by Gasteiger charge is -2.22. The summed E-state index contributed by atoms with van der Waals surface area (Å²) in [7, 11) is 0. The van der Waals surface area contributed by atoms with Gasteiger partial charge in [-0.15, -0.1) is 11.3 Å². The average Bonchev–Trinajstić information content (AvgIpc) is 2.73. The highest BCUT2D eigenvalue weighted by molar-refractivity contribution is 7.10. The Morgan fingerprint density at radius 3 is 2.89 bits per heavy atom. The third kappa shape index (κ3) is 3.59. The summed E-state index contributed by atoms with van der Waals surface area (Å²) in [5.41, 5.74) is 1.54. The van der Waals surface area contributed by atoms with Crippen LogP contribution < -0.4 is 5.32 Å². The van der Waals surface area contributed by atoms with E-state index in [-0.39, 0.29) is 0 Å². The van der Waals surface area contributed by atoms with Crippen molar-refractivity contribution in [2.24, 2.45) is 0 Å². The van der Waals surface area contributed by atoms with Crippen molar-refractivity contribution in [3.63, 3.8) is 0 Å². The van der Waals surface area contributed by atoms with E-state index in [2.05, 4.69) is 23.7 Å². The molecule has 1 nitrogen and oxygen atoms in total. The summed E-state index contributed by atoms with van der Waals surface area (Å²) in [6.07, 6.45) is 10.3. The molecule has 1 N–H and O–H groups in total. The van der Waals surface area contributed by atoms with Gasteiger partial charge in [0.15, 0.2) is 0 Å². The van der Waals surface area contributed by atoms with Crippen LogP contribution in [-0.2, 0) is 0 Å². The molecular formula is C15H22ClNS. The quantitative estimate of drug-likeness (QED) is 0.736. The monoisotopic (exact) mass is 283 g/mol. The van der Waals surface area contributed by atoms with E-state index in [1.807, 2.05) is 6.07 Å². The van der Waals surface area contributed by atoms with Gasteiger partial charge in [0.1, 0.15) is 0 Å². The molecule has 0 fully saturated rings. The smallest absolute Gasteiger partial charge is 0.0645 e. The summed E-state index contributed by atoms with van der Waals surface area (Å²) in [5, 5.41) is 6.60. The Balaban J connectivity index is 2.20. The number of likely N-dealkylation sites (N-methyl/N-ethyl adjacent to an activating group) is 1. The Hall–Kier alpha value is -0.310. The maximum absolute atomic E-state index is 6.31. The van der Waals surface area contributed by atoms with Crippen LogP contribution in [0.2, 0.25) is 5.02 Å². The molecule has 0 saturated heterocycles. The molecule has 0 aromatic carbocycles. The minimum absolute atomic E-state index is 0.334. The second-order valence-electron chi connectivity index (χ2n) is 4.86. The lowest BCUT2D eigenvalue weighted by molar-refractivity contribution is 0.558.